The van der Waals surface area contributed by atoms with Gasteiger partial charge in [-0.25, -0.2) is 0 Å². The highest BCUT2D eigenvalue weighted by atomic mass is 16.3. The second-order valence-electron chi connectivity index (χ2n) is 5.48. The number of carbonyl (C=O) groups is 1. The van der Waals surface area contributed by atoms with E-state index in [2.05, 4.69) is 5.32 Å². The summed E-state index contributed by atoms with van der Waals surface area (Å²) < 4.78 is 0. The van der Waals surface area contributed by atoms with Crippen molar-refractivity contribution in [3.63, 3.8) is 0 Å². The van der Waals surface area contributed by atoms with Crippen LogP contribution in [0.2, 0.25) is 0 Å². The van der Waals surface area contributed by atoms with Gasteiger partial charge in [0, 0.05) is 31.8 Å². The van der Waals surface area contributed by atoms with Gasteiger partial charge in [0.2, 0.25) is 0 Å². The summed E-state index contributed by atoms with van der Waals surface area (Å²) in [6.07, 6.45) is 0.616. The van der Waals surface area contributed by atoms with Gasteiger partial charge < -0.3 is 21.1 Å². The van der Waals surface area contributed by atoms with E-state index in [-0.39, 0.29) is 18.1 Å². The molecule has 0 aromatic heterocycles. The van der Waals surface area contributed by atoms with Crippen molar-refractivity contribution in [3.8, 4) is 0 Å². The van der Waals surface area contributed by atoms with E-state index in [4.69, 9.17) is 10.8 Å². The van der Waals surface area contributed by atoms with Crippen LogP contribution in [0, 0.1) is 0 Å². The van der Waals surface area contributed by atoms with Gasteiger partial charge in [-0.1, -0.05) is 0 Å². The third kappa shape index (κ3) is 4.13. The van der Waals surface area contributed by atoms with Gasteiger partial charge >= 0.3 is 0 Å². The molecule has 0 spiro atoms. The van der Waals surface area contributed by atoms with Crippen molar-refractivity contribution in [2.24, 2.45) is 0 Å². The number of benzene rings is 1. The van der Waals surface area contributed by atoms with Crippen LogP contribution < -0.4 is 11.1 Å². The molecule has 0 aliphatic carbocycles. The molecule has 0 aliphatic heterocycles. The molecule has 1 rings (SSSR count). The zero-order valence-corrected chi connectivity index (χ0v) is 12.0. The Morgan fingerprint density at radius 3 is 2.53 bits per heavy atom. The van der Waals surface area contributed by atoms with E-state index in [9.17, 15) is 4.79 Å². The van der Waals surface area contributed by atoms with Crippen LogP contribution in [0.3, 0.4) is 0 Å². The Balaban J connectivity index is 2.92. The minimum Gasteiger partial charge on any atom is -0.397 e. The molecule has 5 heteroatoms. The van der Waals surface area contributed by atoms with Crippen molar-refractivity contribution in [2.75, 3.05) is 31.8 Å². The molecule has 1 aromatic carbocycles. The third-order valence-electron chi connectivity index (χ3n) is 2.91. The molecule has 0 bridgehead atoms. The predicted molar refractivity (Wildman–Crippen MR) is 78.3 cm³/mol. The van der Waals surface area contributed by atoms with E-state index in [1.54, 1.807) is 32.3 Å². The van der Waals surface area contributed by atoms with Gasteiger partial charge in [0.15, 0.2) is 0 Å². The van der Waals surface area contributed by atoms with Gasteiger partial charge in [-0.15, -0.1) is 0 Å². The molecule has 0 atom stereocenters. The Labute approximate surface area is 114 Å². The van der Waals surface area contributed by atoms with Gasteiger partial charge in [0.05, 0.1) is 11.4 Å². The molecule has 0 aliphatic rings. The Morgan fingerprint density at radius 2 is 2.05 bits per heavy atom. The smallest absolute Gasteiger partial charge is 0.253 e. The minimum atomic E-state index is -0.254. The molecule has 19 heavy (non-hydrogen) atoms. The summed E-state index contributed by atoms with van der Waals surface area (Å²) in [7, 11) is 3.41. The number of rotatable bonds is 5. The second kappa shape index (κ2) is 5.93. The number of nitrogen functional groups attached to an aromatic ring is 1. The molecular formula is C14H23N3O2. The van der Waals surface area contributed by atoms with Gasteiger partial charge in [0.25, 0.3) is 5.91 Å². The Hall–Kier alpha value is -1.75. The van der Waals surface area contributed by atoms with Crippen molar-refractivity contribution in [1.82, 2.24) is 4.90 Å². The Kier molecular flexibility index (Phi) is 4.78. The van der Waals surface area contributed by atoms with E-state index < -0.39 is 0 Å². The molecular weight excluding hydrogens is 242 g/mol. The largest absolute Gasteiger partial charge is 0.397 e. The first kappa shape index (κ1) is 15.3. The lowest BCUT2D eigenvalue weighted by atomic mass is 10.00. The molecule has 106 valence electrons. The van der Waals surface area contributed by atoms with Gasteiger partial charge in [-0.05, 0) is 38.5 Å². The lowest BCUT2D eigenvalue weighted by molar-refractivity contribution is 0.0827. The molecule has 0 heterocycles. The van der Waals surface area contributed by atoms with Crippen molar-refractivity contribution < 1.29 is 9.90 Å². The zero-order valence-electron chi connectivity index (χ0n) is 12.0. The highest BCUT2D eigenvalue weighted by molar-refractivity contribution is 5.95. The van der Waals surface area contributed by atoms with Crippen LogP contribution in [0.25, 0.3) is 0 Å². The van der Waals surface area contributed by atoms with E-state index in [1.165, 1.54) is 4.90 Å². The van der Waals surface area contributed by atoms with Gasteiger partial charge in [-0.3, -0.25) is 4.79 Å². The topological polar surface area (TPSA) is 78.6 Å². The standard InChI is InChI=1S/C14H23N3O2/c1-14(2,7-8-18)16-12-6-5-10(9-11(12)15)13(19)17(3)4/h5-6,9,16,18H,7-8,15H2,1-4H3. The van der Waals surface area contributed by atoms with Crippen molar-refractivity contribution in [1.29, 1.82) is 0 Å². The van der Waals surface area contributed by atoms with Crippen LogP contribution in [0.15, 0.2) is 18.2 Å². The molecule has 0 unspecified atom stereocenters. The highest BCUT2D eigenvalue weighted by Crippen LogP contribution is 2.25. The predicted octanol–water partition coefficient (Wildman–Crippen LogP) is 1.54. The molecule has 0 radical (unpaired) electrons. The number of hydrogen-bond donors (Lipinski definition) is 3. The highest BCUT2D eigenvalue weighted by Gasteiger charge is 2.18. The monoisotopic (exact) mass is 265 g/mol. The fourth-order valence-corrected chi connectivity index (χ4v) is 1.77. The first-order valence-electron chi connectivity index (χ1n) is 6.27. The van der Waals surface area contributed by atoms with Crippen molar-refractivity contribution in [2.45, 2.75) is 25.8 Å². The quantitative estimate of drug-likeness (QED) is 0.706. The summed E-state index contributed by atoms with van der Waals surface area (Å²) in [6.45, 7) is 4.08. The van der Waals surface area contributed by atoms with Crippen molar-refractivity contribution in [3.05, 3.63) is 23.8 Å². The fourth-order valence-electron chi connectivity index (χ4n) is 1.77. The van der Waals surface area contributed by atoms with Crippen molar-refractivity contribution >= 4 is 17.3 Å². The summed E-state index contributed by atoms with van der Waals surface area (Å²) in [5.74, 6) is -0.0760. The normalized spacial score (nSPS) is 11.2. The van der Waals surface area contributed by atoms with Crippen LogP contribution in [-0.4, -0.2) is 42.2 Å². The lowest BCUT2D eigenvalue weighted by Crippen LogP contribution is -2.32. The number of carbonyl (C=O) groups excluding carboxylic acids is 1. The zero-order chi connectivity index (χ0) is 14.6. The SMILES string of the molecule is CN(C)C(=O)c1ccc(NC(C)(C)CCO)c(N)c1. The average molecular weight is 265 g/mol. The van der Waals surface area contributed by atoms with E-state index >= 15 is 0 Å². The molecule has 1 aromatic rings. The van der Waals surface area contributed by atoms with Gasteiger partial charge in [-0.2, -0.15) is 0 Å². The summed E-state index contributed by atoms with van der Waals surface area (Å²) in [5, 5.41) is 12.3. The maximum atomic E-state index is 11.8. The summed E-state index contributed by atoms with van der Waals surface area (Å²) in [4.78, 5) is 13.3. The minimum absolute atomic E-state index is 0.0760. The van der Waals surface area contributed by atoms with Crippen LogP contribution in [0.5, 0.6) is 0 Å². The van der Waals surface area contributed by atoms with Crippen LogP contribution in [0.4, 0.5) is 11.4 Å². The number of nitrogens with two attached hydrogens (primary N) is 1. The van der Waals surface area contributed by atoms with E-state index in [0.29, 0.717) is 17.7 Å². The second-order valence-corrected chi connectivity index (χ2v) is 5.48. The number of anilines is 2. The summed E-state index contributed by atoms with van der Waals surface area (Å²) >= 11 is 0. The average Bonchev–Trinajstić information content (AvgIpc) is 2.30. The van der Waals surface area contributed by atoms with Crippen LogP contribution in [0.1, 0.15) is 30.6 Å². The summed E-state index contributed by atoms with van der Waals surface area (Å²) in [6, 6.07) is 5.21. The van der Waals surface area contributed by atoms with E-state index in [0.717, 1.165) is 5.69 Å². The first-order valence-corrected chi connectivity index (χ1v) is 6.27. The number of nitrogens with zero attached hydrogens (tertiary/aromatic N) is 1. The number of aliphatic hydroxyl groups excluding tert-OH is 1. The number of nitrogens with one attached hydrogen (secondary N) is 1. The molecule has 0 fully saturated rings. The number of aliphatic hydroxyl groups is 1. The Morgan fingerprint density at radius 1 is 1.42 bits per heavy atom. The maximum absolute atomic E-state index is 11.8. The van der Waals surface area contributed by atoms with Crippen LogP contribution in [-0.2, 0) is 0 Å². The molecule has 1 amide bonds. The lowest BCUT2D eigenvalue weighted by Gasteiger charge is -2.27. The first-order chi connectivity index (χ1) is 8.76. The summed E-state index contributed by atoms with van der Waals surface area (Å²) in [5.41, 5.74) is 7.57. The molecule has 4 N–H and O–H groups in total. The molecule has 0 saturated heterocycles. The Bertz CT molecular complexity index is 456. The van der Waals surface area contributed by atoms with E-state index in [1.807, 2.05) is 13.8 Å². The number of hydrogen-bond acceptors (Lipinski definition) is 4. The molecule has 5 nitrogen and oxygen atoms in total. The fraction of sp³-hybridized carbons (Fsp3) is 0.500. The third-order valence-corrected chi connectivity index (χ3v) is 2.91. The number of amides is 1. The maximum Gasteiger partial charge on any atom is 0.253 e. The molecule has 0 saturated carbocycles. The van der Waals surface area contributed by atoms with Gasteiger partial charge in [0.1, 0.15) is 0 Å². The van der Waals surface area contributed by atoms with Crippen LogP contribution >= 0.6 is 0 Å².